The van der Waals surface area contributed by atoms with Crippen LogP contribution in [0.25, 0.3) is 0 Å². The highest BCUT2D eigenvalue weighted by Gasteiger charge is 2.12. The molecule has 2 rings (SSSR count). The van der Waals surface area contributed by atoms with Gasteiger partial charge in [0.2, 0.25) is 5.75 Å². The van der Waals surface area contributed by atoms with Crippen molar-refractivity contribution < 1.29 is 9.47 Å². The molecule has 1 aromatic carbocycles. The summed E-state index contributed by atoms with van der Waals surface area (Å²) in [5.74, 6) is 1.59. The van der Waals surface area contributed by atoms with Crippen LogP contribution in [0.4, 0.5) is 5.82 Å². The number of aromatic nitrogens is 2. The molecule has 0 radical (unpaired) electrons. The van der Waals surface area contributed by atoms with Crippen LogP contribution in [0.2, 0.25) is 0 Å². The number of benzene rings is 1. The summed E-state index contributed by atoms with van der Waals surface area (Å²) >= 11 is 3.40. The Balaban J connectivity index is 2.12. The second-order valence-electron chi connectivity index (χ2n) is 4.01. The molecule has 106 valence electrons. The van der Waals surface area contributed by atoms with E-state index in [1.165, 1.54) is 6.33 Å². The Labute approximate surface area is 126 Å². The zero-order valence-electron chi connectivity index (χ0n) is 11.4. The highest BCUT2D eigenvalue weighted by molar-refractivity contribution is 9.10. The number of hydrogen-bond acceptors (Lipinski definition) is 5. The number of hydrogen-bond donors (Lipinski definition) is 1. The van der Waals surface area contributed by atoms with E-state index in [0.29, 0.717) is 24.1 Å². The number of nitrogens with zero attached hydrogens (tertiary/aromatic N) is 2. The van der Waals surface area contributed by atoms with Crippen molar-refractivity contribution in [2.45, 2.75) is 13.5 Å². The molecule has 0 spiro atoms. The molecule has 0 saturated carbocycles. The number of methoxy groups -OCH3 is 1. The molecule has 0 aliphatic heterocycles. The zero-order valence-corrected chi connectivity index (χ0v) is 13.0. The van der Waals surface area contributed by atoms with Gasteiger partial charge in [0, 0.05) is 11.0 Å². The van der Waals surface area contributed by atoms with E-state index in [1.807, 2.05) is 31.2 Å². The van der Waals surface area contributed by atoms with E-state index < -0.39 is 0 Å². The molecule has 0 fully saturated rings. The molecule has 0 aliphatic carbocycles. The Bertz CT molecular complexity index is 561. The number of halogens is 1. The third kappa shape index (κ3) is 3.60. The molecule has 1 heterocycles. The predicted octanol–water partition coefficient (Wildman–Crippen LogP) is 3.26. The SMILES string of the molecule is CCNc1ncnc(OCc2ccc(Br)cc2)c1OC. The summed E-state index contributed by atoms with van der Waals surface area (Å²) in [4.78, 5) is 8.25. The van der Waals surface area contributed by atoms with Crippen molar-refractivity contribution in [2.75, 3.05) is 19.0 Å². The Morgan fingerprint density at radius 3 is 2.60 bits per heavy atom. The Kier molecular flexibility index (Phi) is 5.17. The predicted molar refractivity (Wildman–Crippen MR) is 81.2 cm³/mol. The fraction of sp³-hybridized carbons (Fsp3) is 0.286. The second-order valence-corrected chi connectivity index (χ2v) is 4.92. The molecule has 0 saturated heterocycles. The van der Waals surface area contributed by atoms with E-state index in [1.54, 1.807) is 7.11 Å². The Hall–Kier alpha value is -1.82. The molecule has 6 heteroatoms. The summed E-state index contributed by atoms with van der Waals surface area (Å²) in [5.41, 5.74) is 1.05. The average molecular weight is 338 g/mol. The highest BCUT2D eigenvalue weighted by atomic mass is 79.9. The number of anilines is 1. The first kappa shape index (κ1) is 14.6. The van der Waals surface area contributed by atoms with E-state index >= 15 is 0 Å². The van der Waals surface area contributed by atoms with Crippen molar-refractivity contribution >= 4 is 21.7 Å². The third-order valence-electron chi connectivity index (χ3n) is 2.61. The first-order valence-electron chi connectivity index (χ1n) is 6.24. The number of ether oxygens (including phenoxy) is 2. The summed E-state index contributed by atoms with van der Waals surface area (Å²) in [6.45, 7) is 3.16. The zero-order chi connectivity index (χ0) is 14.4. The monoisotopic (exact) mass is 337 g/mol. The third-order valence-corrected chi connectivity index (χ3v) is 3.14. The van der Waals surface area contributed by atoms with Crippen LogP contribution >= 0.6 is 15.9 Å². The molecule has 0 bridgehead atoms. The van der Waals surface area contributed by atoms with Crippen LogP contribution in [-0.4, -0.2) is 23.6 Å². The molecule has 0 atom stereocenters. The van der Waals surface area contributed by atoms with E-state index in [9.17, 15) is 0 Å². The van der Waals surface area contributed by atoms with Gasteiger partial charge < -0.3 is 14.8 Å². The lowest BCUT2D eigenvalue weighted by molar-refractivity contribution is 0.272. The van der Waals surface area contributed by atoms with Gasteiger partial charge in [0.05, 0.1) is 7.11 Å². The first-order valence-corrected chi connectivity index (χ1v) is 7.04. The van der Waals surface area contributed by atoms with Crippen LogP contribution < -0.4 is 14.8 Å². The van der Waals surface area contributed by atoms with Gasteiger partial charge in [-0.15, -0.1) is 0 Å². The van der Waals surface area contributed by atoms with Gasteiger partial charge in [-0.05, 0) is 24.6 Å². The fourth-order valence-corrected chi connectivity index (χ4v) is 1.93. The van der Waals surface area contributed by atoms with Crippen LogP contribution in [0, 0.1) is 0 Å². The molecular weight excluding hydrogens is 322 g/mol. The largest absolute Gasteiger partial charge is 0.489 e. The summed E-state index contributed by atoms with van der Waals surface area (Å²) < 4.78 is 12.1. The maximum absolute atomic E-state index is 5.71. The lowest BCUT2D eigenvalue weighted by Gasteiger charge is -2.12. The molecule has 0 aliphatic rings. The standard InChI is InChI=1S/C14H16BrN3O2/c1-3-16-13-12(19-2)14(18-9-17-13)20-8-10-4-6-11(15)7-5-10/h4-7,9H,3,8H2,1-2H3,(H,16,17,18). The molecule has 0 unspecified atom stereocenters. The van der Waals surface area contributed by atoms with Crippen molar-refractivity contribution in [1.82, 2.24) is 9.97 Å². The molecule has 5 nitrogen and oxygen atoms in total. The second kappa shape index (κ2) is 7.09. The van der Waals surface area contributed by atoms with E-state index in [0.717, 1.165) is 16.6 Å². The number of rotatable bonds is 6. The maximum Gasteiger partial charge on any atom is 0.262 e. The summed E-state index contributed by atoms with van der Waals surface area (Å²) in [7, 11) is 1.58. The van der Waals surface area contributed by atoms with Crippen molar-refractivity contribution in [3.05, 3.63) is 40.6 Å². The van der Waals surface area contributed by atoms with E-state index in [2.05, 4.69) is 31.2 Å². The van der Waals surface area contributed by atoms with Crippen molar-refractivity contribution in [2.24, 2.45) is 0 Å². The Morgan fingerprint density at radius 2 is 1.95 bits per heavy atom. The van der Waals surface area contributed by atoms with Crippen LogP contribution in [0.3, 0.4) is 0 Å². The van der Waals surface area contributed by atoms with Gasteiger partial charge in [0.15, 0.2) is 5.82 Å². The minimum atomic E-state index is 0.423. The van der Waals surface area contributed by atoms with Crippen LogP contribution in [0.1, 0.15) is 12.5 Å². The Morgan fingerprint density at radius 1 is 1.20 bits per heavy atom. The fourth-order valence-electron chi connectivity index (χ4n) is 1.67. The molecule has 2 aromatic rings. The van der Waals surface area contributed by atoms with Gasteiger partial charge in [-0.1, -0.05) is 28.1 Å². The van der Waals surface area contributed by atoms with Gasteiger partial charge in [-0.25, -0.2) is 4.98 Å². The molecule has 1 N–H and O–H groups in total. The van der Waals surface area contributed by atoms with Crippen molar-refractivity contribution in [1.29, 1.82) is 0 Å². The highest BCUT2D eigenvalue weighted by Crippen LogP contribution is 2.31. The summed E-state index contributed by atoms with van der Waals surface area (Å²) in [5, 5.41) is 3.11. The molecular formula is C14H16BrN3O2. The van der Waals surface area contributed by atoms with E-state index in [-0.39, 0.29) is 0 Å². The normalized spacial score (nSPS) is 10.2. The number of nitrogens with one attached hydrogen (secondary N) is 1. The summed E-state index contributed by atoms with van der Waals surface area (Å²) in [6, 6.07) is 7.92. The van der Waals surface area contributed by atoms with Gasteiger partial charge in [-0.2, -0.15) is 4.98 Å². The lowest BCUT2D eigenvalue weighted by Crippen LogP contribution is -2.06. The average Bonchev–Trinajstić information content (AvgIpc) is 2.47. The van der Waals surface area contributed by atoms with Crippen molar-refractivity contribution in [3.63, 3.8) is 0 Å². The topological polar surface area (TPSA) is 56.3 Å². The maximum atomic E-state index is 5.71. The summed E-state index contributed by atoms with van der Waals surface area (Å²) in [6.07, 6.45) is 1.46. The molecule has 0 amide bonds. The molecule has 1 aromatic heterocycles. The van der Waals surface area contributed by atoms with Crippen LogP contribution in [0.15, 0.2) is 35.1 Å². The van der Waals surface area contributed by atoms with Crippen LogP contribution in [0.5, 0.6) is 11.6 Å². The molecule has 20 heavy (non-hydrogen) atoms. The van der Waals surface area contributed by atoms with Crippen LogP contribution in [-0.2, 0) is 6.61 Å². The van der Waals surface area contributed by atoms with Crippen molar-refractivity contribution in [3.8, 4) is 11.6 Å². The van der Waals surface area contributed by atoms with E-state index in [4.69, 9.17) is 9.47 Å². The van der Waals surface area contributed by atoms with Gasteiger partial charge in [0.25, 0.3) is 5.88 Å². The minimum absolute atomic E-state index is 0.423. The first-order chi connectivity index (χ1) is 9.74. The quantitative estimate of drug-likeness (QED) is 0.876. The van der Waals surface area contributed by atoms with Gasteiger partial charge >= 0.3 is 0 Å². The van der Waals surface area contributed by atoms with Gasteiger partial charge in [0.1, 0.15) is 12.9 Å². The smallest absolute Gasteiger partial charge is 0.262 e. The van der Waals surface area contributed by atoms with Gasteiger partial charge in [-0.3, -0.25) is 0 Å². The lowest BCUT2D eigenvalue weighted by atomic mass is 10.2. The minimum Gasteiger partial charge on any atom is -0.489 e.